The molecule has 0 aliphatic carbocycles. The molecular weight excluding hydrogens is 352 g/mol. The third-order valence-corrected chi connectivity index (χ3v) is 4.63. The topological polar surface area (TPSA) is 67.4 Å². The van der Waals surface area contributed by atoms with Crippen molar-refractivity contribution >= 4 is 17.5 Å². The van der Waals surface area contributed by atoms with Crippen LogP contribution in [0.3, 0.4) is 0 Å². The largest absolute Gasteiger partial charge is 0.497 e. The highest BCUT2D eigenvalue weighted by atomic mass is 16.5. The minimum Gasteiger partial charge on any atom is -0.497 e. The molecule has 2 N–H and O–H groups in total. The van der Waals surface area contributed by atoms with Gasteiger partial charge >= 0.3 is 0 Å². The molecule has 0 bridgehead atoms. The molecule has 0 aromatic heterocycles. The highest BCUT2D eigenvalue weighted by Gasteiger charge is 2.21. The zero-order chi connectivity index (χ0) is 20.7. The maximum absolute atomic E-state index is 12.5. The number of nitrogens with one attached hydrogen (secondary N) is 2. The van der Waals surface area contributed by atoms with Crippen molar-refractivity contribution in [2.75, 3.05) is 12.4 Å². The van der Waals surface area contributed by atoms with E-state index in [4.69, 9.17) is 4.74 Å². The summed E-state index contributed by atoms with van der Waals surface area (Å²) in [6.07, 6.45) is 1.02. The third-order valence-electron chi connectivity index (χ3n) is 4.63. The van der Waals surface area contributed by atoms with Crippen LogP contribution in [-0.4, -0.2) is 25.0 Å². The Balaban J connectivity index is 1.91. The summed E-state index contributed by atoms with van der Waals surface area (Å²) < 4.78 is 5.10. The molecule has 0 radical (unpaired) electrons. The Labute approximate surface area is 167 Å². The molecule has 0 aliphatic heterocycles. The highest BCUT2D eigenvalue weighted by molar-refractivity contribution is 5.97. The van der Waals surface area contributed by atoms with E-state index in [1.165, 1.54) is 5.56 Å². The SMILES string of the molecule is COc1ccc(NC(=O)[C@H](C)NC(=O)C(C)c2ccc(CC(C)C)cc2)cc1. The van der Waals surface area contributed by atoms with Crippen LogP contribution in [0.1, 0.15) is 44.7 Å². The lowest BCUT2D eigenvalue weighted by Gasteiger charge is -2.18. The Hall–Kier alpha value is -2.82. The van der Waals surface area contributed by atoms with E-state index in [1.807, 2.05) is 19.1 Å². The molecule has 5 heteroatoms. The van der Waals surface area contributed by atoms with Gasteiger partial charge in [0.15, 0.2) is 0 Å². The van der Waals surface area contributed by atoms with Crippen LogP contribution in [0.15, 0.2) is 48.5 Å². The van der Waals surface area contributed by atoms with Crippen LogP contribution in [-0.2, 0) is 16.0 Å². The molecule has 2 rings (SSSR count). The normalized spacial score (nSPS) is 12.9. The van der Waals surface area contributed by atoms with Gasteiger partial charge in [-0.1, -0.05) is 38.1 Å². The van der Waals surface area contributed by atoms with Crippen LogP contribution in [0.4, 0.5) is 5.69 Å². The summed E-state index contributed by atoms with van der Waals surface area (Å²) in [6.45, 7) is 7.89. The fourth-order valence-electron chi connectivity index (χ4n) is 2.89. The number of carbonyl (C=O) groups is 2. The molecule has 2 aromatic carbocycles. The van der Waals surface area contributed by atoms with Gasteiger partial charge in [0.25, 0.3) is 0 Å². The minimum atomic E-state index is -0.641. The van der Waals surface area contributed by atoms with Crippen molar-refractivity contribution < 1.29 is 14.3 Å². The lowest BCUT2D eigenvalue weighted by atomic mass is 9.96. The van der Waals surface area contributed by atoms with Crippen LogP contribution >= 0.6 is 0 Å². The standard InChI is InChI=1S/C23H30N2O3/c1-15(2)14-18-6-8-19(9-7-18)16(3)22(26)24-17(4)23(27)25-20-10-12-21(28-5)13-11-20/h6-13,15-17H,14H2,1-5H3,(H,24,26)(H,25,27)/t16?,17-/m0/s1. The predicted octanol–water partition coefficient (Wildman–Crippen LogP) is 4.14. The highest BCUT2D eigenvalue weighted by Crippen LogP contribution is 2.18. The smallest absolute Gasteiger partial charge is 0.246 e. The van der Waals surface area contributed by atoms with E-state index >= 15 is 0 Å². The molecule has 0 heterocycles. The van der Waals surface area contributed by atoms with Crippen LogP contribution in [0.25, 0.3) is 0 Å². The number of ether oxygens (including phenoxy) is 1. The number of anilines is 1. The van der Waals surface area contributed by atoms with E-state index in [0.717, 1.165) is 12.0 Å². The van der Waals surface area contributed by atoms with Gasteiger partial charge in [0, 0.05) is 5.69 Å². The van der Waals surface area contributed by atoms with Gasteiger partial charge in [0.05, 0.1) is 13.0 Å². The van der Waals surface area contributed by atoms with Crippen molar-refractivity contribution in [3.63, 3.8) is 0 Å². The maximum Gasteiger partial charge on any atom is 0.246 e. The third kappa shape index (κ3) is 6.12. The summed E-state index contributed by atoms with van der Waals surface area (Å²) in [7, 11) is 1.59. The summed E-state index contributed by atoms with van der Waals surface area (Å²) in [6, 6.07) is 14.5. The Morgan fingerprint density at radius 2 is 1.50 bits per heavy atom. The van der Waals surface area contributed by atoms with Gasteiger partial charge in [-0.15, -0.1) is 0 Å². The summed E-state index contributed by atoms with van der Waals surface area (Å²) in [5, 5.41) is 5.59. The number of benzene rings is 2. The fourth-order valence-corrected chi connectivity index (χ4v) is 2.89. The molecule has 2 aromatic rings. The zero-order valence-corrected chi connectivity index (χ0v) is 17.3. The average Bonchev–Trinajstić information content (AvgIpc) is 2.68. The lowest BCUT2D eigenvalue weighted by molar-refractivity contribution is -0.126. The van der Waals surface area contributed by atoms with Crippen LogP contribution in [0.5, 0.6) is 5.75 Å². The van der Waals surface area contributed by atoms with Crippen molar-refractivity contribution in [1.29, 1.82) is 0 Å². The van der Waals surface area contributed by atoms with Crippen molar-refractivity contribution in [3.8, 4) is 5.75 Å². The van der Waals surface area contributed by atoms with E-state index in [9.17, 15) is 9.59 Å². The van der Waals surface area contributed by atoms with Gasteiger partial charge < -0.3 is 15.4 Å². The van der Waals surface area contributed by atoms with Crippen molar-refractivity contribution in [3.05, 3.63) is 59.7 Å². The number of carbonyl (C=O) groups excluding carboxylic acids is 2. The van der Waals surface area contributed by atoms with Gasteiger partial charge in [-0.2, -0.15) is 0 Å². The Kier molecular flexibility index (Phi) is 7.61. The van der Waals surface area contributed by atoms with Crippen molar-refractivity contribution in [2.45, 2.75) is 46.1 Å². The summed E-state index contributed by atoms with van der Waals surface area (Å²) in [4.78, 5) is 24.9. The summed E-state index contributed by atoms with van der Waals surface area (Å²) in [5.74, 6) is 0.542. The number of amides is 2. The number of hydrogen-bond acceptors (Lipinski definition) is 3. The Morgan fingerprint density at radius 1 is 0.893 bits per heavy atom. The first kappa shape index (κ1) is 21.5. The molecule has 1 unspecified atom stereocenters. The average molecular weight is 383 g/mol. The summed E-state index contributed by atoms with van der Waals surface area (Å²) in [5.41, 5.74) is 2.85. The van der Waals surface area contributed by atoms with Gasteiger partial charge in [0.2, 0.25) is 11.8 Å². The van der Waals surface area contributed by atoms with E-state index in [0.29, 0.717) is 17.4 Å². The second-order valence-corrected chi connectivity index (χ2v) is 7.51. The van der Waals surface area contributed by atoms with Gasteiger partial charge in [-0.25, -0.2) is 0 Å². The minimum absolute atomic E-state index is 0.172. The van der Waals surface area contributed by atoms with Crippen molar-refractivity contribution in [1.82, 2.24) is 5.32 Å². The summed E-state index contributed by atoms with van der Waals surface area (Å²) >= 11 is 0. The molecule has 2 atom stereocenters. The second kappa shape index (κ2) is 9.93. The second-order valence-electron chi connectivity index (χ2n) is 7.51. The van der Waals surface area contributed by atoms with E-state index < -0.39 is 6.04 Å². The van der Waals surface area contributed by atoms with Gasteiger partial charge in [-0.05, 0) is 61.6 Å². The predicted molar refractivity (Wildman–Crippen MR) is 113 cm³/mol. The molecule has 0 fully saturated rings. The maximum atomic E-state index is 12.5. The van der Waals surface area contributed by atoms with Crippen LogP contribution < -0.4 is 15.4 Å². The fraction of sp³-hybridized carbons (Fsp3) is 0.391. The first-order valence-corrected chi connectivity index (χ1v) is 9.64. The first-order valence-electron chi connectivity index (χ1n) is 9.64. The molecular formula is C23H30N2O3. The quantitative estimate of drug-likeness (QED) is 0.721. The monoisotopic (exact) mass is 382 g/mol. The molecule has 28 heavy (non-hydrogen) atoms. The Morgan fingerprint density at radius 3 is 2.04 bits per heavy atom. The van der Waals surface area contributed by atoms with Gasteiger partial charge in [0.1, 0.15) is 11.8 Å². The van der Waals surface area contributed by atoms with Gasteiger partial charge in [-0.3, -0.25) is 9.59 Å². The number of hydrogen-bond donors (Lipinski definition) is 2. The first-order chi connectivity index (χ1) is 13.3. The Bertz CT molecular complexity index is 782. The van der Waals surface area contributed by atoms with Crippen molar-refractivity contribution in [2.24, 2.45) is 5.92 Å². The molecule has 5 nitrogen and oxygen atoms in total. The number of methoxy groups -OCH3 is 1. The molecule has 0 spiro atoms. The molecule has 0 saturated heterocycles. The molecule has 150 valence electrons. The lowest BCUT2D eigenvalue weighted by Crippen LogP contribution is -2.43. The van der Waals surface area contributed by atoms with E-state index in [1.54, 1.807) is 38.3 Å². The number of rotatable bonds is 8. The molecule has 2 amide bonds. The van der Waals surface area contributed by atoms with E-state index in [2.05, 4.69) is 36.6 Å². The van der Waals surface area contributed by atoms with Crippen LogP contribution in [0.2, 0.25) is 0 Å². The molecule has 0 saturated carbocycles. The molecule has 0 aliphatic rings. The van der Waals surface area contributed by atoms with Crippen LogP contribution in [0, 0.1) is 5.92 Å². The van der Waals surface area contributed by atoms with E-state index in [-0.39, 0.29) is 17.7 Å². The zero-order valence-electron chi connectivity index (χ0n) is 17.3.